The quantitative estimate of drug-likeness (QED) is 0.288. The molecule has 1 unspecified atom stereocenters. The highest BCUT2D eigenvalue weighted by atomic mass is 32.2. The maximum absolute atomic E-state index is 13.5. The first kappa shape index (κ1) is 25.1. The second-order valence-corrected chi connectivity index (χ2v) is 10.2. The average molecular weight is 528 g/mol. The Bertz CT molecular complexity index is 1600. The van der Waals surface area contributed by atoms with Crippen LogP contribution in [0.15, 0.2) is 114 Å². The van der Waals surface area contributed by atoms with Crippen molar-refractivity contribution in [1.29, 1.82) is 0 Å². The van der Waals surface area contributed by atoms with E-state index < -0.39 is 10.0 Å². The van der Waals surface area contributed by atoms with Gasteiger partial charge in [0.05, 0.1) is 47.2 Å². The number of para-hydroxylation sites is 1. The molecule has 0 aliphatic carbocycles. The van der Waals surface area contributed by atoms with Crippen molar-refractivity contribution in [3.8, 4) is 5.69 Å². The maximum atomic E-state index is 13.5. The van der Waals surface area contributed by atoms with Crippen LogP contribution in [0.3, 0.4) is 0 Å². The van der Waals surface area contributed by atoms with Crippen LogP contribution in [0.5, 0.6) is 0 Å². The maximum Gasteiger partial charge on any atom is 0.254 e. The van der Waals surface area contributed by atoms with E-state index in [-0.39, 0.29) is 23.4 Å². The highest BCUT2D eigenvalue weighted by Gasteiger charge is 2.20. The summed E-state index contributed by atoms with van der Waals surface area (Å²) in [7, 11) is -3.70. The molecule has 5 rings (SSSR count). The zero-order valence-corrected chi connectivity index (χ0v) is 21.1. The lowest BCUT2D eigenvalue weighted by Gasteiger charge is -2.20. The minimum absolute atomic E-state index is 0.0501. The zero-order valence-electron chi connectivity index (χ0n) is 20.3. The Morgan fingerprint density at radius 2 is 1.61 bits per heavy atom. The monoisotopic (exact) mass is 527 g/mol. The van der Waals surface area contributed by atoms with Gasteiger partial charge in [0.2, 0.25) is 10.0 Å². The third-order valence-electron chi connectivity index (χ3n) is 5.87. The molecule has 10 nitrogen and oxygen atoms in total. The summed E-state index contributed by atoms with van der Waals surface area (Å²) >= 11 is 0. The minimum Gasteiger partial charge on any atom is -0.343 e. The molecule has 1 atom stereocenters. The summed E-state index contributed by atoms with van der Waals surface area (Å²) in [5.74, 6) is -0.288. The van der Waals surface area contributed by atoms with Crippen molar-refractivity contribution in [2.75, 3.05) is 0 Å². The lowest BCUT2D eigenvalue weighted by Crippen LogP contribution is -2.32. The smallest absolute Gasteiger partial charge is 0.254 e. The van der Waals surface area contributed by atoms with Gasteiger partial charge in [-0.2, -0.15) is 5.10 Å². The van der Waals surface area contributed by atoms with Crippen LogP contribution in [0.4, 0.5) is 0 Å². The van der Waals surface area contributed by atoms with Gasteiger partial charge in [-0.1, -0.05) is 65.9 Å². The Balaban J connectivity index is 1.34. The van der Waals surface area contributed by atoms with Crippen LogP contribution in [0.1, 0.15) is 27.7 Å². The largest absolute Gasteiger partial charge is 0.343 e. The SMILES string of the molecule is O=C(NC(Cn1cccn1)c1ccccc1)c1ccccc1-n1cc(CNS(=O)(=O)c2ccccc2)nn1. The average Bonchev–Trinajstić information content (AvgIpc) is 3.65. The molecule has 0 spiro atoms. The molecule has 0 saturated carbocycles. The summed E-state index contributed by atoms with van der Waals surface area (Å²) in [6.45, 7) is 0.408. The van der Waals surface area contributed by atoms with Crippen LogP contribution in [-0.2, 0) is 23.1 Å². The first-order chi connectivity index (χ1) is 18.5. The van der Waals surface area contributed by atoms with Crippen molar-refractivity contribution in [3.63, 3.8) is 0 Å². The summed E-state index contributed by atoms with van der Waals surface area (Å²) in [5, 5.41) is 15.6. The van der Waals surface area contributed by atoms with Crippen LogP contribution >= 0.6 is 0 Å². The van der Waals surface area contributed by atoms with E-state index in [1.165, 1.54) is 16.8 Å². The van der Waals surface area contributed by atoms with Crippen molar-refractivity contribution in [3.05, 3.63) is 126 Å². The van der Waals surface area contributed by atoms with Gasteiger partial charge in [0.1, 0.15) is 0 Å². The van der Waals surface area contributed by atoms with E-state index in [1.807, 2.05) is 42.6 Å². The van der Waals surface area contributed by atoms with Crippen LogP contribution in [-0.4, -0.2) is 39.1 Å². The molecule has 1 amide bonds. The fourth-order valence-corrected chi connectivity index (χ4v) is 4.99. The Hall–Kier alpha value is -4.61. The van der Waals surface area contributed by atoms with Gasteiger partial charge in [0.25, 0.3) is 5.91 Å². The standard InChI is InChI=1S/C27H25N7O3S/c35-27(30-25(20-33-17-9-16-28-33)21-10-3-1-4-11-21)24-14-7-8-15-26(24)34-19-22(31-32-34)18-29-38(36,37)23-12-5-2-6-13-23/h1-17,19,25,29H,18,20H2,(H,30,35). The van der Waals surface area contributed by atoms with Crippen LogP contribution in [0, 0.1) is 0 Å². The summed E-state index contributed by atoms with van der Waals surface area (Å²) in [6, 6.07) is 26.3. The number of aromatic nitrogens is 5. The molecule has 0 aliphatic heterocycles. The van der Waals surface area contributed by atoms with Gasteiger partial charge in [-0.15, -0.1) is 5.10 Å². The third-order valence-corrected chi connectivity index (χ3v) is 7.29. The molecule has 0 saturated heterocycles. The van der Waals surface area contributed by atoms with Crippen LogP contribution in [0.2, 0.25) is 0 Å². The van der Waals surface area contributed by atoms with Gasteiger partial charge in [0.15, 0.2) is 0 Å². The Kier molecular flexibility index (Phi) is 7.38. The zero-order chi connectivity index (χ0) is 26.4. The molecule has 2 heterocycles. The summed E-state index contributed by atoms with van der Waals surface area (Å²) < 4.78 is 30.8. The topological polar surface area (TPSA) is 124 Å². The molecule has 192 valence electrons. The first-order valence-corrected chi connectivity index (χ1v) is 13.4. The van der Waals surface area contributed by atoms with Crippen molar-refractivity contribution in [1.82, 2.24) is 34.8 Å². The van der Waals surface area contributed by atoms with Crippen molar-refractivity contribution < 1.29 is 13.2 Å². The molecule has 5 aromatic rings. The van der Waals surface area contributed by atoms with Gasteiger partial charge >= 0.3 is 0 Å². The second-order valence-electron chi connectivity index (χ2n) is 8.47. The predicted molar refractivity (Wildman–Crippen MR) is 141 cm³/mol. The highest BCUT2D eigenvalue weighted by molar-refractivity contribution is 7.89. The van der Waals surface area contributed by atoms with E-state index in [0.29, 0.717) is 23.5 Å². The van der Waals surface area contributed by atoms with Gasteiger partial charge in [-0.05, 0) is 35.9 Å². The van der Waals surface area contributed by atoms with E-state index in [1.54, 1.807) is 59.5 Å². The molecule has 2 N–H and O–H groups in total. The number of hydrogen-bond acceptors (Lipinski definition) is 6. The van der Waals surface area contributed by atoms with Gasteiger partial charge < -0.3 is 5.32 Å². The molecule has 3 aromatic carbocycles. The Morgan fingerprint density at radius 1 is 0.895 bits per heavy atom. The second kappa shape index (κ2) is 11.2. The van der Waals surface area contributed by atoms with Crippen LogP contribution in [0.25, 0.3) is 5.69 Å². The number of sulfonamides is 1. The number of rotatable bonds is 10. The molecular formula is C27H25N7O3S. The van der Waals surface area contributed by atoms with Gasteiger partial charge in [0, 0.05) is 12.4 Å². The van der Waals surface area contributed by atoms with Crippen molar-refractivity contribution in [2.45, 2.75) is 24.0 Å². The number of nitrogens with one attached hydrogen (secondary N) is 2. The number of carbonyl (C=O) groups excluding carboxylic acids is 1. The predicted octanol–water partition coefficient (Wildman–Crippen LogP) is 3.11. The summed E-state index contributed by atoms with van der Waals surface area (Å²) in [6.07, 6.45) is 5.14. The molecule has 11 heteroatoms. The van der Waals surface area contributed by atoms with Crippen LogP contribution < -0.4 is 10.0 Å². The highest BCUT2D eigenvalue weighted by Crippen LogP contribution is 2.19. The third kappa shape index (κ3) is 5.85. The number of benzene rings is 3. The normalized spacial score (nSPS) is 12.2. The van der Waals surface area contributed by atoms with E-state index >= 15 is 0 Å². The lowest BCUT2D eigenvalue weighted by atomic mass is 10.1. The lowest BCUT2D eigenvalue weighted by molar-refractivity contribution is 0.0931. The van der Waals surface area contributed by atoms with E-state index in [2.05, 4.69) is 25.4 Å². The van der Waals surface area contributed by atoms with Crippen molar-refractivity contribution >= 4 is 15.9 Å². The molecule has 0 fully saturated rings. The van der Waals surface area contributed by atoms with E-state index in [9.17, 15) is 13.2 Å². The fraction of sp³-hybridized carbons (Fsp3) is 0.111. The molecule has 0 radical (unpaired) electrons. The number of amides is 1. The Labute approximate surface area is 220 Å². The van der Waals surface area contributed by atoms with Gasteiger partial charge in [-0.25, -0.2) is 17.8 Å². The summed E-state index contributed by atoms with van der Waals surface area (Å²) in [4.78, 5) is 13.6. The number of carbonyl (C=O) groups is 1. The first-order valence-electron chi connectivity index (χ1n) is 11.9. The number of hydrogen-bond donors (Lipinski definition) is 2. The van der Waals surface area contributed by atoms with Crippen molar-refractivity contribution in [2.24, 2.45) is 0 Å². The van der Waals surface area contributed by atoms with Gasteiger partial charge in [-0.3, -0.25) is 9.48 Å². The Morgan fingerprint density at radius 3 is 2.34 bits per heavy atom. The molecule has 0 bridgehead atoms. The number of nitrogens with zero attached hydrogens (tertiary/aromatic N) is 5. The molecular weight excluding hydrogens is 502 g/mol. The summed E-state index contributed by atoms with van der Waals surface area (Å²) in [5.41, 5.74) is 2.26. The molecule has 0 aliphatic rings. The fourth-order valence-electron chi connectivity index (χ4n) is 3.97. The van der Waals surface area contributed by atoms with E-state index in [0.717, 1.165) is 5.56 Å². The molecule has 38 heavy (non-hydrogen) atoms. The van der Waals surface area contributed by atoms with E-state index in [4.69, 9.17) is 0 Å². The molecule has 2 aromatic heterocycles. The minimum atomic E-state index is -3.70.